The summed E-state index contributed by atoms with van der Waals surface area (Å²) in [7, 11) is 0. The predicted octanol–water partition coefficient (Wildman–Crippen LogP) is 1.91. The van der Waals surface area contributed by atoms with E-state index in [9.17, 15) is 14.7 Å². The maximum absolute atomic E-state index is 12.7. The van der Waals surface area contributed by atoms with Crippen LogP contribution < -0.4 is 5.56 Å². The van der Waals surface area contributed by atoms with Crippen LogP contribution in [0.5, 0.6) is 0 Å². The molecule has 3 aromatic rings. The minimum atomic E-state index is -0.606. The molecule has 3 heterocycles. The summed E-state index contributed by atoms with van der Waals surface area (Å²) in [6, 6.07) is 14.9. The number of fused-ring (bicyclic) bond motifs is 1. The molecule has 27 heavy (non-hydrogen) atoms. The summed E-state index contributed by atoms with van der Waals surface area (Å²) in [4.78, 5) is 33.3. The molecule has 2 aromatic heterocycles. The van der Waals surface area contributed by atoms with Gasteiger partial charge in [0.15, 0.2) is 0 Å². The number of para-hydroxylation sites is 1. The van der Waals surface area contributed by atoms with Crippen LogP contribution in [0.3, 0.4) is 0 Å². The lowest BCUT2D eigenvalue weighted by atomic mass is 9.99. The number of β-amino-alcohol motifs (C(OH)–C–C–N with tert-alkyl or cyclic N) is 1. The fourth-order valence-electron chi connectivity index (χ4n) is 3.70. The number of hydrogen-bond acceptors (Lipinski definition) is 4. The van der Waals surface area contributed by atoms with Crippen molar-refractivity contribution in [2.24, 2.45) is 5.92 Å². The Morgan fingerprint density at radius 1 is 1.22 bits per heavy atom. The molecule has 6 heteroatoms. The Bertz CT molecular complexity index is 1060. The summed E-state index contributed by atoms with van der Waals surface area (Å²) in [6.07, 6.45) is -0.00482. The number of aromatic amines is 1. The monoisotopic (exact) mass is 363 g/mol. The Morgan fingerprint density at radius 2 is 2.04 bits per heavy atom. The van der Waals surface area contributed by atoms with Gasteiger partial charge in [0.25, 0.3) is 5.91 Å². The van der Waals surface area contributed by atoms with Crippen molar-refractivity contribution in [3.63, 3.8) is 0 Å². The minimum absolute atomic E-state index is 0.0781. The van der Waals surface area contributed by atoms with Crippen molar-refractivity contribution in [3.05, 3.63) is 75.8 Å². The van der Waals surface area contributed by atoms with Crippen LogP contribution in [0.4, 0.5) is 0 Å². The normalized spacial score (nSPS) is 19.6. The molecular formula is C21H21N3O3. The molecule has 1 aromatic carbocycles. The van der Waals surface area contributed by atoms with Crippen molar-refractivity contribution in [2.45, 2.75) is 19.4 Å². The van der Waals surface area contributed by atoms with E-state index in [1.165, 1.54) is 6.07 Å². The van der Waals surface area contributed by atoms with Crippen molar-refractivity contribution in [3.8, 4) is 0 Å². The molecule has 2 N–H and O–H groups in total. The highest BCUT2D eigenvalue weighted by Gasteiger charge is 2.34. The number of rotatable bonds is 3. The van der Waals surface area contributed by atoms with Gasteiger partial charge in [-0.25, -0.2) is 0 Å². The van der Waals surface area contributed by atoms with Crippen molar-refractivity contribution in [1.82, 2.24) is 14.9 Å². The summed E-state index contributed by atoms with van der Waals surface area (Å²) in [5, 5.41) is 11.5. The van der Waals surface area contributed by atoms with E-state index in [0.29, 0.717) is 24.2 Å². The first-order valence-corrected chi connectivity index (χ1v) is 9.02. The Balaban J connectivity index is 1.50. The number of hydrogen-bond donors (Lipinski definition) is 2. The van der Waals surface area contributed by atoms with Crippen molar-refractivity contribution in [1.29, 1.82) is 0 Å². The number of H-pyrrole nitrogens is 1. The second-order valence-electron chi connectivity index (χ2n) is 7.15. The number of amides is 1. The first kappa shape index (κ1) is 17.4. The molecule has 4 rings (SSSR count). The van der Waals surface area contributed by atoms with Gasteiger partial charge in [0.2, 0.25) is 5.56 Å². The van der Waals surface area contributed by atoms with E-state index >= 15 is 0 Å². The van der Waals surface area contributed by atoms with Gasteiger partial charge in [-0.05, 0) is 31.5 Å². The Kier molecular flexibility index (Phi) is 4.49. The number of carbonyl (C=O) groups excluding carboxylic acids is 1. The highest BCUT2D eigenvalue weighted by atomic mass is 16.3. The molecule has 0 aliphatic carbocycles. The van der Waals surface area contributed by atoms with Crippen molar-refractivity contribution < 1.29 is 9.90 Å². The zero-order chi connectivity index (χ0) is 19.0. The third kappa shape index (κ3) is 3.61. The molecule has 1 saturated heterocycles. The summed E-state index contributed by atoms with van der Waals surface area (Å²) < 4.78 is 0. The highest BCUT2D eigenvalue weighted by molar-refractivity contribution is 5.94. The zero-order valence-corrected chi connectivity index (χ0v) is 15.1. The lowest BCUT2D eigenvalue weighted by molar-refractivity contribution is 0.0764. The SMILES string of the molecule is Cc1cc(C(=O)N2C[C@@H](Cc3ccc4ccccc4n3)[C@H](O)C2)cc(=O)[nH]1. The zero-order valence-electron chi connectivity index (χ0n) is 15.1. The van der Waals surface area contributed by atoms with Gasteiger partial charge < -0.3 is 15.0 Å². The Labute approximate surface area is 156 Å². The van der Waals surface area contributed by atoms with Crippen LogP contribution in [-0.2, 0) is 6.42 Å². The number of aryl methyl sites for hydroxylation is 1. The fraction of sp³-hybridized carbons (Fsp3) is 0.286. The summed E-state index contributed by atoms with van der Waals surface area (Å²) in [6.45, 7) is 2.45. The molecule has 1 fully saturated rings. The fourth-order valence-corrected chi connectivity index (χ4v) is 3.70. The van der Waals surface area contributed by atoms with Crippen LogP contribution in [0.2, 0.25) is 0 Å². The van der Waals surface area contributed by atoms with E-state index in [2.05, 4.69) is 9.97 Å². The van der Waals surface area contributed by atoms with Crippen LogP contribution in [0.25, 0.3) is 10.9 Å². The van der Waals surface area contributed by atoms with E-state index in [-0.39, 0.29) is 23.9 Å². The molecule has 138 valence electrons. The van der Waals surface area contributed by atoms with Gasteiger partial charge in [-0.3, -0.25) is 14.6 Å². The van der Waals surface area contributed by atoms with Gasteiger partial charge in [0.05, 0.1) is 11.6 Å². The number of carbonyl (C=O) groups is 1. The van der Waals surface area contributed by atoms with E-state index < -0.39 is 6.10 Å². The van der Waals surface area contributed by atoms with Gasteiger partial charge in [-0.15, -0.1) is 0 Å². The average molecular weight is 363 g/mol. The largest absolute Gasteiger partial charge is 0.391 e. The van der Waals surface area contributed by atoms with Crippen LogP contribution in [0.15, 0.2) is 53.3 Å². The van der Waals surface area contributed by atoms with Crippen LogP contribution in [0.1, 0.15) is 21.7 Å². The summed E-state index contributed by atoms with van der Waals surface area (Å²) in [5.41, 5.74) is 2.53. The lowest BCUT2D eigenvalue weighted by Crippen LogP contribution is -2.30. The average Bonchev–Trinajstić information content (AvgIpc) is 3.00. The Hall–Kier alpha value is -2.99. The van der Waals surface area contributed by atoms with Crippen LogP contribution in [0, 0.1) is 12.8 Å². The molecule has 1 aliphatic heterocycles. The standard InChI is InChI=1S/C21H21N3O3/c1-13-8-15(10-20(26)22-13)21(27)24-11-16(19(25)12-24)9-17-7-6-14-4-2-3-5-18(14)23-17/h2-8,10,16,19,25H,9,11-12H2,1H3,(H,22,26)/t16-,19-/m1/s1. The number of benzene rings is 1. The number of aliphatic hydroxyl groups excluding tert-OH is 1. The van der Waals surface area contributed by atoms with Crippen molar-refractivity contribution in [2.75, 3.05) is 13.1 Å². The number of aliphatic hydroxyl groups is 1. The minimum Gasteiger partial charge on any atom is -0.391 e. The topological polar surface area (TPSA) is 86.3 Å². The highest BCUT2D eigenvalue weighted by Crippen LogP contribution is 2.23. The van der Waals surface area contributed by atoms with E-state index in [4.69, 9.17) is 0 Å². The number of pyridine rings is 2. The number of nitrogens with zero attached hydrogens (tertiary/aromatic N) is 2. The molecular weight excluding hydrogens is 342 g/mol. The molecule has 0 saturated carbocycles. The third-order valence-electron chi connectivity index (χ3n) is 5.05. The van der Waals surface area contributed by atoms with Gasteiger partial charge in [0, 0.05) is 47.4 Å². The third-order valence-corrected chi connectivity index (χ3v) is 5.05. The molecule has 0 spiro atoms. The van der Waals surface area contributed by atoms with Gasteiger partial charge in [-0.1, -0.05) is 24.3 Å². The molecule has 2 atom stereocenters. The van der Waals surface area contributed by atoms with Crippen molar-refractivity contribution >= 4 is 16.8 Å². The first-order chi connectivity index (χ1) is 13.0. The second-order valence-corrected chi connectivity index (χ2v) is 7.15. The van der Waals surface area contributed by atoms with Gasteiger partial charge >= 0.3 is 0 Å². The number of nitrogens with one attached hydrogen (secondary N) is 1. The quantitative estimate of drug-likeness (QED) is 0.744. The van der Waals surface area contributed by atoms with Crippen LogP contribution in [-0.4, -0.2) is 45.1 Å². The molecule has 1 amide bonds. The molecule has 6 nitrogen and oxygen atoms in total. The molecule has 0 unspecified atom stereocenters. The smallest absolute Gasteiger partial charge is 0.254 e. The maximum Gasteiger partial charge on any atom is 0.254 e. The van der Waals surface area contributed by atoms with E-state index in [1.54, 1.807) is 17.9 Å². The predicted molar refractivity (Wildman–Crippen MR) is 103 cm³/mol. The summed E-state index contributed by atoms with van der Waals surface area (Å²) in [5.74, 6) is -0.303. The second kappa shape index (κ2) is 6.96. The number of likely N-dealkylation sites (tertiary alicyclic amines) is 1. The Morgan fingerprint density at radius 3 is 2.85 bits per heavy atom. The number of aromatic nitrogens is 2. The lowest BCUT2D eigenvalue weighted by Gasteiger charge is -2.16. The van der Waals surface area contributed by atoms with E-state index in [1.807, 2.05) is 36.4 Å². The van der Waals surface area contributed by atoms with E-state index in [0.717, 1.165) is 16.6 Å². The molecule has 1 aliphatic rings. The van der Waals surface area contributed by atoms with Gasteiger partial charge in [-0.2, -0.15) is 0 Å². The maximum atomic E-state index is 12.7. The van der Waals surface area contributed by atoms with Gasteiger partial charge in [0.1, 0.15) is 0 Å². The van der Waals surface area contributed by atoms with Crippen LogP contribution >= 0.6 is 0 Å². The first-order valence-electron chi connectivity index (χ1n) is 9.02. The molecule has 0 bridgehead atoms. The molecule has 0 radical (unpaired) electrons. The summed E-state index contributed by atoms with van der Waals surface area (Å²) >= 11 is 0.